The fraction of sp³-hybridized carbons (Fsp3) is 0.231. The minimum absolute atomic E-state index is 0.536. The van der Waals surface area contributed by atoms with Gasteiger partial charge in [0.25, 0.3) is 0 Å². The number of aromatic nitrogens is 2. The van der Waals surface area contributed by atoms with E-state index in [0.29, 0.717) is 23.0 Å². The van der Waals surface area contributed by atoms with E-state index in [1.807, 2.05) is 13.0 Å². The molecule has 0 aliphatic carbocycles. The maximum atomic E-state index is 9.78. The van der Waals surface area contributed by atoms with Crippen molar-refractivity contribution in [3.8, 4) is 11.3 Å². The Kier molecular flexibility index (Phi) is 3.26. The lowest BCUT2D eigenvalue weighted by Crippen LogP contribution is -1.91. The monoisotopic (exact) mass is 294 g/mol. The number of halogens is 1. The fourth-order valence-corrected chi connectivity index (χ4v) is 2.72. The van der Waals surface area contributed by atoms with Crippen LogP contribution in [0.1, 0.15) is 25.2 Å². The Morgan fingerprint density at radius 1 is 1.32 bits per heavy atom. The number of aliphatic hydroxyl groups is 1. The van der Waals surface area contributed by atoms with Gasteiger partial charge in [-0.25, -0.2) is 0 Å². The van der Waals surface area contributed by atoms with Crippen LogP contribution in [-0.4, -0.2) is 13.9 Å². The number of aliphatic hydroxyl groups excluding tert-OH is 1. The lowest BCUT2D eigenvalue weighted by atomic mass is 10.1. The molecule has 0 saturated carbocycles. The lowest BCUT2D eigenvalue weighted by molar-refractivity contribution is 0.147. The maximum absolute atomic E-state index is 9.78. The van der Waals surface area contributed by atoms with Crippen LogP contribution in [0.25, 0.3) is 22.4 Å². The van der Waals surface area contributed by atoms with E-state index in [-0.39, 0.29) is 0 Å². The first-order valence-electron chi connectivity index (χ1n) is 5.89. The topological polar surface area (TPSA) is 59.2 Å². The molecule has 2 aromatic heterocycles. The average molecular weight is 295 g/mol. The van der Waals surface area contributed by atoms with E-state index >= 15 is 0 Å². The van der Waals surface area contributed by atoms with Gasteiger partial charge in [0.15, 0.2) is 0 Å². The second-order valence-electron chi connectivity index (χ2n) is 4.18. The number of nitrogens with zero attached hydrogens (tertiary/aromatic N) is 2. The molecule has 4 nitrogen and oxygen atoms in total. The summed E-state index contributed by atoms with van der Waals surface area (Å²) in [4.78, 5) is 0. The molecule has 19 heavy (non-hydrogen) atoms. The van der Waals surface area contributed by atoms with E-state index in [1.54, 1.807) is 18.2 Å². The summed E-state index contributed by atoms with van der Waals surface area (Å²) in [5.41, 5.74) is 2.24. The number of hydrogen-bond acceptors (Lipinski definition) is 5. The Bertz CT molecular complexity index is 722. The first kappa shape index (κ1) is 12.6. The van der Waals surface area contributed by atoms with Crippen LogP contribution in [0.15, 0.2) is 28.7 Å². The SMILES string of the molecule is CCC(O)c1ccc(-c2c(Cl)ccc3nsnc23)o1. The lowest BCUT2D eigenvalue weighted by Gasteiger charge is -2.04. The summed E-state index contributed by atoms with van der Waals surface area (Å²) < 4.78 is 14.1. The normalized spacial score (nSPS) is 13.0. The molecule has 0 fully saturated rings. The highest BCUT2D eigenvalue weighted by molar-refractivity contribution is 7.00. The molecule has 1 unspecified atom stereocenters. The third kappa shape index (κ3) is 2.14. The molecule has 1 N–H and O–H groups in total. The molecular weight excluding hydrogens is 284 g/mol. The van der Waals surface area contributed by atoms with Crippen molar-refractivity contribution in [1.29, 1.82) is 0 Å². The third-order valence-electron chi connectivity index (χ3n) is 2.97. The predicted octanol–water partition coefficient (Wildman–Crippen LogP) is 4.05. The number of fused-ring (bicyclic) bond motifs is 1. The first-order chi connectivity index (χ1) is 9.20. The summed E-state index contributed by atoms with van der Waals surface area (Å²) >= 11 is 7.37. The molecule has 0 amide bonds. The van der Waals surface area contributed by atoms with Gasteiger partial charge in [-0.2, -0.15) is 8.75 Å². The van der Waals surface area contributed by atoms with E-state index in [4.69, 9.17) is 16.0 Å². The third-order valence-corrected chi connectivity index (χ3v) is 3.82. The standard InChI is InChI=1S/C13H11ClN2O2S/c1-2-9(17)10-5-6-11(18-10)12-7(14)3-4-8-13(12)16-19-15-8/h3-6,9,17H,2H2,1H3. The van der Waals surface area contributed by atoms with Crippen LogP contribution in [0, 0.1) is 0 Å². The van der Waals surface area contributed by atoms with Crippen LogP contribution < -0.4 is 0 Å². The van der Waals surface area contributed by atoms with Gasteiger partial charge >= 0.3 is 0 Å². The largest absolute Gasteiger partial charge is 0.458 e. The minimum atomic E-state index is -0.597. The van der Waals surface area contributed by atoms with Crippen LogP contribution in [0.4, 0.5) is 0 Å². The first-order valence-corrected chi connectivity index (χ1v) is 7.00. The van der Waals surface area contributed by atoms with E-state index in [9.17, 15) is 5.11 Å². The van der Waals surface area contributed by atoms with E-state index in [2.05, 4.69) is 8.75 Å². The van der Waals surface area contributed by atoms with Gasteiger partial charge in [-0.05, 0) is 30.7 Å². The summed E-state index contributed by atoms with van der Waals surface area (Å²) in [6.45, 7) is 1.89. The van der Waals surface area contributed by atoms with E-state index in [1.165, 1.54) is 0 Å². The van der Waals surface area contributed by atoms with E-state index < -0.39 is 6.10 Å². The van der Waals surface area contributed by atoms with Crippen LogP contribution in [-0.2, 0) is 0 Å². The fourth-order valence-electron chi connectivity index (χ4n) is 1.93. The maximum Gasteiger partial charge on any atom is 0.138 e. The number of hydrogen-bond donors (Lipinski definition) is 1. The van der Waals surface area contributed by atoms with Gasteiger partial charge in [-0.1, -0.05) is 18.5 Å². The molecule has 0 spiro atoms. The van der Waals surface area contributed by atoms with Crippen LogP contribution >= 0.6 is 23.3 Å². The molecule has 0 radical (unpaired) electrons. The highest BCUT2D eigenvalue weighted by atomic mass is 35.5. The molecule has 0 bridgehead atoms. The van der Waals surface area contributed by atoms with Gasteiger partial charge in [0.2, 0.25) is 0 Å². The Hall–Kier alpha value is -1.43. The van der Waals surface area contributed by atoms with Crippen molar-refractivity contribution in [2.75, 3.05) is 0 Å². The van der Waals surface area contributed by atoms with Crippen LogP contribution in [0.3, 0.4) is 0 Å². The number of rotatable bonds is 3. The second kappa shape index (κ2) is 4.92. The quantitative estimate of drug-likeness (QED) is 0.792. The molecule has 2 heterocycles. The summed E-state index contributed by atoms with van der Waals surface area (Å²) in [6.07, 6.45) is 0.00338. The van der Waals surface area contributed by atoms with E-state index in [0.717, 1.165) is 28.3 Å². The number of furan rings is 1. The van der Waals surface area contributed by atoms with Crippen molar-refractivity contribution < 1.29 is 9.52 Å². The second-order valence-corrected chi connectivity index (χ2v) is 5.12. The molecule has 0 aliphatic heterocycles. The summed E-state index contributed by atoms with van der Waals surface area (Å²) in [5, 5.41) is 10.3. The predicted molar refractivity (Wildman–Crippen MR) is 75.4 cm³/mol. The van der Waals surface area contributed by atoms with Gasteiger partial charge in [-0.3, -0.25) is 0 Å². The Morgan fingerprint density at radius 2 is 2.16 bits per heavy atom. The van der Waals surface area contributed by atoms with Crippen molar-refractivity contribution >= 4 is 34.4 Å². The smallest absolute Gasteiger partial charge is 0.138 e. The minimum Gasteiger partial charge on any atom is -0.458 e. The number of benzene rings is 1. The zero-order valence-electron chi connectivity index (χ0n) is 10.1. The van der Waals surface area contributed by atoms with Crippen LogP contribution in [0.2, 0.25) is 5.02 Å². The Balaban J connectivity index is 2.16. The molecule has 6 heteroatoms. The highest BCUT2D eigenvalue weighted by Crippen LogP contribution is 2.36. The van der Waals surface area contributed by atoms with Gasteiger partial charge in [0, 0.05) is 0 Å². The zero-order valence-corrected chi connectivity index (χ0v) is 11.7. The molecule has 3 rings (SSSR count). The Labute approximate surface area is 119 Å². The molecule has 1 atom stereocenters. The van der Waals surface area contributed by atoms with Crippen molar-refractivity contribution in [2.24, 2.45) is 0 Å². The van der Waals surface area contributed by atoms with Crippen LogP contribution in [0.5, 0.6) is 0 Å². The van der Waals surface area contributed by atoms with Crippen molar-refractivity contribution in [1.82, 2.24) is 8.75 Å². The highest BCUT2D eigenvalue weighted by Gasteiger charge is 2.17. The molecule has 98 valence electrons. The molecule has 3 aromatic rings. The molecule has 0 saturated heterocycles. The van der Waals surface area contributed by atoms with Crippen molar-refractivity contribution in [3.05, 3.63) is 35.0 Å². The zero-order chi connectivity index (χ0) is 13.4. The van der Waals surface area contributed by atoms with Crippen molar-refractivity contribution in [3.63, 3.8) is 0 Å². The summed E-state index contributed by atoms with van der Waals surface area (Å²) in [6, 6.07) is 7.17. The van der Waals surface area contributed by atoms with Crippen molar-refractivity contribution in [2.45, 2.75) is 19.4 Å². The van der Waals surface area contributed by atoms with Gasteiger partial charge in [-0.15, -0.1) is 0 Å². The summed E-state index contributed by atoms with van der Waals surface area (Å²) in [7, 11) is 0. The molecule has 0 aliphatic rings. The molecular formula is C13H11ClN2O2S. The summed E-state index contributed by atoms with van der Waals surface area (Å²) in [5.74, 6) is 1.14. The van der Waals surface area contributed by atoms with Gasteiger partial charge < -0.3 is 9.52 Å². The van der Waals surface area contributed by atoms with Gasteiger partial charge in [0.1, 0.15) is 28.7 Å². The average Bonchev–Trinajstić information content (AvgIpc) is 3.06. The van der Waals surface area contributed by atoms with Gasteiger partial charge in [0.05, 0.1) is 22.3 Å². The molecule has 1 aromatic carbocycles. The Morgan fingerprint density at radius 3 is 2.95 bits per heavy atom.